The Bertz CT molecular complexity index is 1350. The second kappa shape index (κ2) is 7.76. The van der Waals surface area contributed by atoms with Gasteiger partial charge < -0.3 is 20.0 Å². The van der Waals surface area contributed by atoms with E-state index in [1.54, 1.807) is 12.1 Å². The molecular formula is C25H24F2N4O. The Morgan fingerprint density at radius 2 is 1.44 bits per heavy atom. The lowest BCUT2D eigenvalue weighted by Gasteiger charge is -2.19. The molecule has 3 heterocycles. The van der Waals surface area contributed by atoms with Crippen LogP contribution >= 0.6 is 0 Å². The maximum Gasteiger partial charge on any atom is 0.167 e. The highest BCUT2D eigenvalue weighted by molar-refractivity contribution is 6.20. The summed E-state index contributed by atoms with van der Waals surface area (Å²) in [5, 5.41) is 6.73. The number of fused-ring (bicyclic) bond motifs is 6. The number of ether oxygens (including phenoxy) is 1. The first-order valence-electron chi connectivity index (χ1n) is 11.1. The third-order valence-corrected chi connectivity index (χ3v) is 6.43. The summed E-state index contributed by atoms with van der Waals surface area (Å²) in [6.07, 6.45) is 1.13. The molecule has 0 atom stereocenters. The lowest BCUT2D eigenvalue weighted by atomic mass is 10.1. The maximum atomic E-state index is 14.0. The van der Waals surface area contributed by atoms with Crippen molar-refractivity contribution in [2.24, 2.45) is 0 Å². The first-order valence-corrected chi connectivity index (χ1v) is 11.1. The quantitative estimate of drug-likeness (QED) is 0.377. The summed E-state index contributed by atoms with van der Waals surface area (Å²) in [7, 11) is 0. The molecule has 0 amide bonds. The summed E-state index contributed by atoms with van der Waals surface area (Å²) >= 11 is 0. The number of benzene rings is 3. The molecule has 0 saturated carbocycles. The molecule has 7 heteroatoms. The summed E-state index contributed by atoms with van der Waals surface area (Å²) in [4.78, 5) is 9.22. The highest BCUT2D eigenvalue weighted by Gasteiger charge is 2.19. The van der Waals surface area contributed by atoms with E-state index < -0.39 is 0 Å². The first kappa shape index (κ1) is 19.5. The SMILES string of the molecule is Fc1ccc2[nH]c3c(OCCN4CCCNCC4)c4[nH]c5ccc(F)cc5c4cc3c2c1. The van der Waals surface area contributed by atoms with Gasteiger partial charge in [-0.05, 0) is 62.0 Å². The van der Waals surface area contributed by atoms with Gasteiger partial charge in [-0.1, -0.05) is 0 Å². The van der Waals surface area contributed by atoms with E-state index in [-0.39, 0.29) is 11.6 Å². The third-order valence-electron chi connectivity index (χ3n) is 6.43. The van der Waals surface area contributed by atoms with Crippen molar-refractivity contribution in [3.63, 3.8) is 0 Å². The van der Waals surface area contributed by atoms with Gasteiger partial charge in [-0.25, -0.2) is 8.78 Å². The summed E-state index contributed by atoms with van der Waals surface area (Å²) in [6, 6.07) is 11.4. The van der Waals surface area contributed by atoms with Gasteiger partial charge in [0.15, 0.2) is 5.75 Å². The van der Waals surface area contributed by atoms with Crippen LogP contribution < -0.4 is 10.1 Å². The van der Waals surface area contributed by atoms with Crippen LogP contribution in [0.3, 0.4) is 0 Å². The molecule has 2 aromatic heterocycles. The number of aromatic nitrogens is 2. The number of nitrogens with one attached hydrogen (secondary N) is 3. The second-order valence-corrected chi connectivity index (χ2v) is 8.47. The van der Waals surface area contributed by atoms with Crippen molar-refractivity contribution in [2.75, 3.05) is 39.3 Å². The van der Waals surface area contributed by atoms with Crippen LogP contribution in [0.2, 0.25) is 0 Å². The van der Waals surface area contributed by atoms with Gasteiger partial charge in [0, 0.05) is 52.2 Å². The minimum atomic E-state index is -0.291. The molecule has 0 radical (unpaired) electrons. The summed E-state index contributed by atoms with van der Waals surface area (Å²) in [5.41, 5.74) is 3.33. The lowest BCUT2D eigenvalue weighted by Crippen LogP contribution is -2.31. The number of H-pyrrole nitrogens is 2. The van der Waals surface area contributed by atoms with E-state index in [4.69, 9.17) is 4.74 Å². The van der Waals surface area contributed by atoms with Gasteiger partial charge in [0.1, 0.15) is 18.2 Å². The fraction of sp³-hybridized carbons (Fsp3) is 0.280. The highest BCUT2D eigenvalue weighted by atomic mass is 19.1. The van der Waals surface area contributed by atoms with E-state index >= 15 is 0 Å². The van der Waals surface area contributed by atoms with E-state index in [0.717, 1.165) is 82.8 Å². The number of hydrogen-bond acceptors (Lipinski definition) is 3. The van der Waals surface area contributed by atoms with Crippen LogP contribution in [0.4, 0.5) is 8.78 Å². The van der Waals surface area contributed by atoms with E-state index in [1.165, 1.54) is 24.3 Å². The third kappa shape index (κ3) is 3.29. The second-order valence-electron chi connectivity index (χ2n) is 8.47. The number of nitrogens with zero attached hydrogens (tertiary/aromatic N) is 1. The van der Waals surface area contributed by atoms with Crippen LogP contribution in [0.5, 0.6) is 5.75 Å². The van der Waals surface area contributed by atoms with Gasteiger partial charge in [0.2, 0.25) is 0 Å². The first-order chi connectivity index (χ1) is 15.7. The minimum Gasteiger partial charge on any atom is -0.488 e. The molecule has 1 aliphatic rings. The molecule has 0 bridgehead atoms. The normalized spacial score (nSPS) is 15.8. The van der Waals surface area contributed by atoms with Crippen molar-refractivity contribution in [3.05, 3.63) is 54.1 Å². The number of halogens is 2. The largest absolute Gasteiger partial charge is 0.488 e. The number of aromatic amines is 2. The van der Waals surface area contributed by atoms with E-state index in [0.29, 0.717) is 12.4 Å². The van der Waals surface area contributed by atoms with Gasteiger partial charge in [-0.15, -0.1) is 0 Å². The smallest absolute Gasteiger partial charge is 0.167 e. The zero-order valence-corrected chi connectivity index (χ0v) is 17.6. The zero-order valence-electron chi connectivity index (χ0n) is 17.6. The van der Waals surface area contributed by atoms with Gasteiger partial charge in [0.05, 0.1) is 11.0 Å². The molecule has 0 unspecified atom stereocenters. The molecule has 5 aromatic rings. The Morgan fingerprint density at radius 1 is 0.781 bits per heavy atom. The zero-order chi connectivity index (χ0) is 21.7. The van der Waals surface area contributed by atoms with Crippen molar-refractivity contribution in [3.8, 4) is 5.75 Å². The summed E-state index contributed by atoms with van der Waals surface area (Å²) < 4.78 is 34.4. The Labute approximate surface area is 183 Å². The minimum absolute atomic E-state index is 0.291. The van der Waals surface area contributed by atoms with Crippen LogP contribution in [0, 0.1) is 11.6 Å². The Balaban J connectivity index is 1.49. The van der Waals surface area contributed by atoms with Gasteiger partial charge in [-0.2, -0.15) is 0 Å². The van der Waals surface area contributed by atoms with Crippen LogP contribution in [0.25, 0.3) is 43.6 Å². The molecule has 3 aromatic carbocycles. The average molecular weight is 434 g/mol. The fourth-order valence-corrected chi connectivity index (χ4v) is 4.84. The van der Waals surface area contributed by atoms with Gasteiger partial charge in [-0.3, -0.25) is 4.90 Å². The molecule has 1 saturated heterocycles. The molecule has 32 heavy (non-hydrogen) atoms. The summed E-state index contributed by atoms with van der Waals surface area (Å²) in [6.45, 7) is 5.44. The Kier molecular flexibility index (Phi) is 4.73. The van der Waals surface area contributed by atoms with E-state index in [1.807, 2.05) is 6.07 Å². The number of rotatable bonds is 4. The molecule has 164 valence electrons. The average Bonchev–Trinajstić information content (AvgIpc) is 3.20. The van der Waals surface area contributed by atoms with Crippen molar-refractivity contribution in [2.45, 2.75) is 6.42 Å². The van der Waals surface area contributed by atoms with Crippen LogP contribution in [-0.2, 0) is 0 Å². The molecule has 5 nitrogen and oxygen atoms in total. The topological polar surface area (TPSA) is 56.1 Å². The van der Waals surface area contributed by atoms with Gasteiger partial charge >= 0.3 is 0 Å². The van der Waals surface area contributed by atoms with Gasteiger partial charge in [0.25, 0.3) is 0 Å². The monoisotopic (exact) mass is 434 g/mol. The standard InChI is InChI=1S/C25H24F2N4O/c26-15-2-4-21-17(12-15)19-14-20-18-13-16(27)3-5-22(18)30-24(20)25(23(19)29-21)32-11-10-31-8-1-6-28-7-9-31/h2-5,12-14,28-30H,1,6-11H2. The van der Waals surface area contributed by atoms with E-state index in [2.05, 4.69) is 20.2 Å². The van der Waals surface area contributed by atoms with Crippen molar-refractivity contribution in [1.82, 2.24) is 20.2 Å². The molecule has 3 N–H and O–H groups in total. The molecule has 0 spiro atoms. The Hall–Kier alpha value is -3.16. The molecule has 6 rings (SSSR count). The van der Waals surface area contributed by atoms with Crippen molar-refractivity contribution in [1.29, 1.82) is 0 Å². The Morgan fingerprint density at radius 3 is 2.09 bits per heavy atom. The fourth-order valence-electron chi connectivity index (χ4n) is 4.84. The molecular weight excluding hydrogens is 410 g/mol. The number of hydrogen-bond donors (Lipinski definition) is 3. The van der Waals surface area contributed by atoms with Crippen LogP contribution in [0.15, 0.2) is 42.5 Å². The molecule has 1 fully saturated rings. The highest BCUT2D eigenvalue weighted by Crippen LogP contribution is 2.41. The molecule has 0 aliphatic carbocycles. The van der Waals surface area contributed by atoms with Crippen molar-refractivity contribution >= 4 is 43.6 Å². The predicted octanol–water partition coefficient (Wildman–Crippen LogP) is 4.91. The van der Waals surface area contributed by atoms with Crippen molar-refractivity contribution < 1.29 is 13.5 Å². The maximum absolute atomic E-state index is 14.0. The lowest BCUT2D eigenvalue weighted by molar-refractivity contribution is 0.220. The van der Waals surface area contributed by atoms with Crippen LogP contribution in [-0.4, -0.2) is 54.2 Å². The van der Waals surface area contributed by atoms with E-state index in [9.17, 15) is 8.78 Å². The van der Waals surface area contributed by atoms with Crippen LogP contribution in [0.1, 0.15) is 6.42 Å². The predicted molar refractivity (Wildman–Crippen MR) is 125 cm³/mol. The molecule has 1 aliphatic heterocycles. The summed E-state index contributed by atoms with van der Waals surface area (Å²) in [5.74, 6) is 0.111.